The minimum absolute atomic E-state index is 0.111. The summed E-state index contributed by atoms with van der Waals surface area (Å²) in [6.07, 6.45) is 1.61. The van der Waals surface area contributed by atoms with Gasteiger partial charge in [0.05, 0.1) is 11.7 Å². The molecule has 16 heavy (non-hydrogen) atoms. The normalized spacial score (nSPS) is 28.9. The number of hydrogen-bond acceptors (Lipinski definition) is 2. The molecule has 0 saturated heterocycles. The van der Waals surface area contributed by atoms with Crippen molar-refractivity contribution in [1.29, 1.82) is 0 Å². The first-order chi connectivity index (χ1) is 7.52. The monoisotopic (exact) mass is 288 g/mol. The highest BCUT2D eigenvalue weighted by molar-refractivity contribution is 9.10. The summed E-state index contributed by atoms with van der Waals surface area (Å²) >= 11 is 3.30. The minimum atomic E-state index is -0.803. The maximum absolute atomic E-state index is 13.5. The molecule has 1 N–H and O–H groups in total. The molecule has 1 aliphatic carbocycles. The fourth-order valence-electron chi connectivity index (χ4n) is 2.13. The molecule has 0 bridgehead atoms. The van der Waals surface area contributed by atoms with Gasteiger partial charge in [-0.15, -0.1) is 0 Å². The number of aliphatic hydroxyl groups is 1. The van der Waals surface area contributed by atoms with Crippen LogP contribution >= 0.6 is 15.9 Å². The van der Waals surface area contributed by atoms with Crippen LogP contribution in [0.1, 0.15) is 18.4 Å². The number of rotatable bonds is 3. The van der Waals surface area contributed by atoms with Crippen LogP contribution in [0.3, 0.4) is 0 Å². The third-order valence-corrected chi connectivity index (χ3v) is 3.57. The maximum atomic E-state index is 13.5. The largest absolute Gasteiger partial charge is 0.389 e. The number of benzene rings is 1. The van der Waals surface area contributed by atoms with E-state index in [4.69, 9.17) is 4.74 Å². The Hall–Kier alpha value is -0.450. The van der Waals surface area contributed by atoms with Crippen molar-refractivity contribution < 1.29 is 14.2 Å². The van der Waals surface area contributed by atoms with Crippen LogP contribution in [0.2, 0.25) is 0 Å². The van der Waals surface area contributed by atoms with E-state index in [0.717, 1.165) is 4.47 Å². The van der Waals surface area contributed by atoms with E-state index in [1.54, 1.807) is 19.2 Å². The Bertz CT molecular complexity index is 389. The van der Waals surface area contributed by atoms with Crippen LogP contribution in [-0.4, -0.2) is 23.9 Å². The van der Waals surface area contributed by atoms with Crippen molar-refractivity contribution in [3.8, 4) is 0 Å². The zero-order chi connectivity index (χ0) is 11.8. The summed E-state index contributed by atoms with van der Waals surface area (Å²) in [4.78, 5) is 0. The van der Waals surface area contributed by atoms with Gasteiger partial charge in [-0.05, 0) is 23.8 Å². The predicted molar refractivity (Wildman–Crippen MR) is 62.8 cm³/mol. The summed E-state index contributed by atoms with van der Waals surface area (Å²) in [5.41, 5.74) is -0.256. The summed E-state index contributed by atoms with van der Waals surface area (Å²) in [6.45, 7) is 0. The molecule has 1 aliphatic rings. The van der Waals surface area contributed by atoms with E-state index in [2.05, 4.69) is 15.9 Å². The lowest BCUT2D eigenvalue weighted by Gasteiger charge is -2.42. The van der Waals surface area contributed by atoms with Gasteiger partial charge in [-0.25, -0.2) is 4.39 Å². The van der Waals surface area contributed by atoms with Crippen LogP contribution < -0.4 is 0 Å². The molecule has 0 atom stereocenters. The maximum Gasteiger partial charge on any atom is 0.126 e. The summed E-state index contributed by atoms with van der Waals surface area (Å²) in [7, 11) is 1.63. The molecule has 0 amide bonds. The van der Waals surface area contributed by atoms with Gasteiger partial charge in [0.15, 0.2) is 0 Å². The second kappa shape index (κ2) is 4.43. The van der Waals surface area contributed by atoms with Crippen LogP contribution in [0.4, 0.5) is 4.39 Å². The van der Waals surface area contributed by atoms with Gasteiger partial charge >= 0.3 is 0 Å². The quantitative estimate of drug-likeness (QED) is 0.927. The van der Waals surface area contributed by atoms with Crippen LogP contribution in [0.25, 0.3) is 0 Å². The van der Waals surface area contributed by atoms with Crippen LogP contribution in [-0.2, 0) is 11.2 Å². The molecule has 0 spiro atoms. The second-order valence-corrected chi connectivity index (χ2v) is 5.32. The Morgan fingerprint density at radius 2 is 2.25 bits per heavy atom. The standard InChI is InChI=1S/C12H14BrFO2/c1-16-10-6-12(15,7-10)5-8-4-9(13)2-3-11(8)14/h2-4,10,15H,5-7H2,1H3. The molecular formula is C12H14BrFO2. The molecule has 4 heteroatoms. The summed E-state index contributed by atoms with van der Waals surface area (Å²) in [5, 5.41) is 10.1. The zero-order valence-corrected chi connectivity index (χ0v) is 10.6. The lowest BCUT2D eigenvalue weighted by atomic mass is 9.73. The number of methoxy groups -OCH3 is 1. The Morgan fingerprint density at radius 1 is 1.56 bits per heavy atom. The van der Waals surface area contributed by atoms with E-state index in [1.165, 1.54) is 6.07 Å². The Balaban J connectivity index is 2.07. The fraction of sp³-hybridized carbons (Fsp3) is 0.500. The number of hydrogen-bond donors (Lipinski definition) is 1. The average Bonchev–Trinajstić information content (AvgIpc) is 2.19. The van der Waals surface area contributed by atoms with E-state index in [1.807, 2.05) is 0 Å². The van der Waals surface area contributed by atoms with Gasteiger partial charge in [0.25, 0.3) is 0 Å². The molecule has 88 valence electrons. The molecule has 1 aromatic rings. The van der Waals surface area contributed by atoms with Crippen molar-refractivity contribution in [2.45, 2.75) is 31.0 Å². The molecule has 1 fully saturated rings. The molecule has 2 rings (SSSR count). The molecule has 0 aliphatic heterocycles. The van der Waals surface area contributed by atoms with Crippen molar-refractivity contribution in [2.24, 2.45) is 0 Å². The van der Waals surface area contributed by atoms with Crippen molar-refractivity contribution in [3.63, 3.8) is 0 Å². The van der Waals surface area contributed by atoms with E-state index >= 15 is 0 Å². The van der Waals surface area contributed by atoms with Gasteiger partial charge in [0, 0.05) is 30.8 Å². The van der Waals surface area contributed by atoms with Crippen molar-refractivity contribution in [1.82, 2.24) is 0 Å². The molecule has 0 unspecified atom stereocenters. The van der Waals surface area contributed by atoms with Gasteiger partial charge in [-0.3, -0.25) is 0 Å². The van der Waals surface area contributed by atoms with Crippen LogP contribution in [0.15, 0.2) is 22.7 Å². The Labute approximate surface area is 103 Å². The van der Waals surface area contributed by atoms with Crippen LogP contribution in [0.5, 0.6) is 0 Å². The first kappa shape index (κ1) is 12.0. The lowest BCUT2D eigenvalue weighted by Crippen LogP contribution is -2.49. The molecule has 1 aromatic carbocycles. The van der Waals surface area contributed by atoms with Gasteiger partial charge in [-0.1, -0.05) is 15.9 Å². The average molecular weight is 289 g/mol. The van der Waals surface area contributed by atoms with E-state index in [9.17, 15) is 9.50 Å². The highest BCUT2D eigenvalue weighted by Crippen LogP contribution is 2.37. The fourth-order valence-corrected chi connectivity index (χ4v) is 2.54. The van der Waals surface area contributed by atoms with Gasteiger partial charge in [0.1, 0.15) is 5.82 Å². The van der Waals surface area contributed by atoms with E-state index < -0.39 is 5.60 Å². The minimum Gasteiger partial charge on any atom is -0.389 e. The first-order valence-corrected chi connectivity index (χ1v) is 6.01. The van der Waals surface area contributed by atoms with Gasteiger partial charge in [-0.2, -0.15) is 0 Å². The molecule has 0 heterocycles. The lowest BCUT2D eigenvalue weighted by molar-refractivity contribution is -0.126. The Kier molecular flexibility index (Phi) is 3.33. The summed E-state index contributed by atoms with van der Waals surface area (Å²) in [5.74, 6) is -0.266. The van der Waals surface area contributed by atoms with Gasteiger partial charge < -0.3 is 9.84 Å². The van der Waals surface area contributed by atoms with Crippen molar-refractivity contribution >= 4 is 15.9 Å². The van der Waals surface area contributed by atoms with Gasteiger partial charge in [0.2, 0.25) is 0 Å². The zero-order valence-electron chi connectivity index (χ0n) is 9.04. The third-order valence-electron chi connectivity index (χ3n) is 3.08. The summed E-state index contributed by atoms with van der Waals surface area (Å²) in [6, 6.07) is 4.78. The molecule has 0 aromatic heterocycles. The van der Waals surface area contributed by atoms with Crippen LogP contribution in [0, 0.1) is 5.82 Å². The predicted octanol–water partition coefficient (Wildman–Crippen LogP) is 2.67. The second-order valence-electron chi connectivity index (χ2n) is 4.40. The summed E-state index contributed by atoms with van der Waals surface area (Å²) < 4.78 is 19.4. The number of halogens is 2. The highest BCUT2D eigenvalue weighted by atomic mass is 79.9. The van der Waals surface area contributed by atoms with Crippen molar-refractivity contribution in [3.05, 3.63) is 34.1 Å². The third kappa shape index (κ3) is 2.44. The smallest absolute Gasteiger partial charge is 0.126 e. The molecule has 1 saturated carbocycles. The van der Waals surface area contributed by atoms with Crippen molar-refractivity contribution in [2.75, 3.05) is 7.11 Å². The Morgan fingerprint density at radius 3 is 2.88 bits per heavy atom. The van der Waals surface area contributed by atoms with E-state index in [-0.39, 0.29) is 11.9 Å². The topological polar surface area (TPSA) is 29.5 Å². The molecule has 2 nitrogen and oxygen atoms in total. The van der Waals surface area contributed by atoms with E-state index in [0.29, 0.717) is 24.8 Å². The first-order valence-electron chi connectivity index (χ1n) is 5.21. The molecular weight excluding hydrogens is 275 g/mol. The highest BCUT2D eigenvalue weighted by Gasteiger charge is 2.43. The number of ether oxygens (including phenoxy) is 1. The molecule has 0 radical (unpaired) electrons. The SMILES string of the molecule is COC1CC(O)(Cc2cc(Br)ccc2F)C1.